The summed E-state index contributed by atoms with van der Waals surface area (Å²) in [5.74, 6) is 1.20. The van der Waals surface area contributed by atoms with Crippen LogP contribution < -0.4 is 5.32 Å². The maximum atomic E-state index is 11.6. The van der Waals surface area contributed by atoms with E-state index in [9.17, 15) is 9.59 Å². The fourth-order valence-corrected chi connectivity index (χ4v) is 2.14. The zero-order valence-corrected chi connectivity index (χ0v) is 11.3. The van der Waals surface area contributed by atoms with Gasteiger partial charge in [-0.3, -0.25) is 4.79 Å². The second-order valence-corrected chi connectivity index (χ2v) is 5.26. The van der Waals surface area contributed by atoms with Crippen molar-refractivity contribution in [2.24, 2.45) is 5.92 Å². The Bertz CT molecular complexity index is 496. The molecule has 1 aromatic rings. The fourth-order valence-electron chi connectivity index (χ4n) is 2.14. The summed E-state index contributed by atoms with van der Waals surface area (Å²) in [5.41, 5.74) is 0. The molecule has 3 N–H and O–H groups in total. The third-order valence-electron chi connectivity index (χ3n) is 3.57. The molecule has 1 aliphatic rings. The predicted octanol–water partition coefficient (Wildman–Crippen LogP) is 0.897. The van der Waals surface area contributed by atoms with Gasteiger partial charge < -0.3 is 19.9 Å². The summed E-state index contributed by atoms with van der Waals surface area (Å²) in [7, 11) is 0. The van der Waals surface area contributed by atoms with Crippen LogP contribution in [0.5, 0.6) is 0 Å². The Hall–Kier alpha value is -1.82. The first kappa shape index (κ1) is 14.6. The van der Waals surface area contributed by atoms with Crippen LogP contribution in [-0.2, 0) is 16.0 Å². The maximum Gasteiger partial charge on any atom is 0.328 e. The number of carboxylic acids is 1. The lowest BCUT2D eigenvalue weighted by molar-refractivity contribution is -0.142. The first-order valence-electron chi connectivity index (χ1n) is 6.73. The number of hydrogen-bond acceptors (Lipinski definition) is 4. The average molecular weight is 281 g/mol. The van der Waals surface area contributed by atoms with Gasteiger partial charge in [0.05, 0.1) is 6.61 Å². The Morgan fingerprint density at radius 2 is 2.20 bits per heavy atom. The molecule has 0 saturated heterocycles. The summed E-state index contributed by atoms with van der Waals surface area (Å²) in [6.45, 7) is 1.55. The van der Waals surface area contributed by atoms with Crippen molar-refractivity contribution < 1.29 is 24.2 Å². The molecular weight excluding hydrogens is 262 g/mol. The number of aryl methyl sites for hydroxylation is 1. The standard InChI is InChI=1S/C14H19NO5/c1-8-6-10(8)12-4-2-9(20-12)3-5-13(17)15-11(7-16)14(18)19/h2,4,8,10-11,16H,3,5-7H2,1H3,(H,15,17)(H,18,19). The van der Waals surface area contributed by atoms with Crippen LogP contribution in [0.4, 0.5) is 0 Å². The average Bonchev–Trinajstić information content (AvgIpc) is 2.96. The van der Waals surface area contributed by atoms with E-state index in [1.54, 1.807) is 0 Å². The minimum absolute atomic E-state index is 0.136. The van der Waals surface area contributed by atoms with E-state index >= 15 is 0 Å². The van der Waals surface area contributed by atoms with Crippen LogP contribution in [0, 0.1) is 5.92 Å². The van der Waals surface area contributed by atoms with Crippen LogP contribution in [0.15, 0.2) is 16.5 Å². The van der Waals surface area contributed by atoms with Gasteiger partial charge in [-0.05, 0) is 24.5 Å². The molecule has 0 radical (unpaired) electrons. The number of furan rings is 1. The van der Waals surface area contributed by atoms with Crippen LogP contribution in [0.1, 0.15) is 37.2 Å². The van der Waals surface area contributed by atoms with Crippen molar-refractivity contribution in [3.63, 3.8) is 0 Å². The number of carboxylic acid groups (broad SMARTS) is 1. The Balaban J connectivity index is 1.78. The Morgan fingerprint density at radius 1 is 1.50 bits per heavy atom. The van der Waals surface area contributed by atoms with Crippen molar-refractivity contribution in [1.29, 1.82) is 0 Å². The topological polar surface area (TPSA) is 99.8 Å². The first-order valence-corrected chi connectivity index (χ1v) is 6.73. The van der Waals surface area contributed by atoms with Crippen molar-refractivity contribution in [3.8, 4) is 0 Å². The van der Waals surface area contributed by atoms with Crippen LogP contribution >= 0.6 is 0 Å². The van der Waals surface area contributed by atoms with Crippen molar-refractivity contribution in [2.75, 3.05) is 6.61 Å². The van der Waals surface area contributed by atoms with E-state index in [-0.39, 0.29) is 6.42 Å². The molecule has 0 aliphatic heterocycles. The first-order chi connectivity index (χ1) is 9.51. The van der Waals surface area contributed by atoms with Crippen LogP contribution in [0.3, 0.4) is 0 Å². The lowest BCUT2D eigenvalue weighted by Gasteiger charge is -2.10. The molecule has 2 rings (SSSR count). The molecule has 6 nitrogen and oxygen atoms in total. The predicted molar refractivity (Wildman–Crippen MR) is 70.2 cm³/mol. The highest BCUT2D eigenvalue weighted by atomic mass is 16.4. The third kappa shape index (κ3) is 3.60. The van der Waals surface area contributed by atoms with Crippen LogP contribution in [0.25, 0.3) is 0 Å². The van der Waals surface area contributed by atoms with Crippen molar-refractivity contribution in [3.05, 3.63) is 23.7 Å². The third-order valence-corrected chi connectivity index (χ3v) is 3.57. The quantitative estimate of drug-likeness (QED) is 0.689. The molecule has 1 amide bonds. The van der Waals surface area contributed by atoms with Crippen molar-refractivity contribution >= 4 is 11.9 Å². The van der Waals surface area contributed by atoms with Gasteiger partial charge in [-0.1, -0.05) is 6.92 Å². The molecule has 1 heterocycles. The van der Waals surface area contributed by atoms with Gasteiger partial charge >= 0.3 is 5.97 Å². The molecule has 0 spiro atoms. The van der Waals surface area contributed by atoms with Gasteiger partial charge in [0.1, 0.15) is 17.6 Å². The summed E-state index contributed by atoms with van der Waals surface area (Å²) in [6.07, 6.45) is 1.70. The number of aliphatic hydroxyl groups is 1. The monoisotopic (exact) mass is 281 g/mol. The van der Waals surface area contributed by atoms with Gasteiger partial charge in [-0.2, -0.15) is 0 Å². The van der Waals surface area contributed by atoms with E-state index in [0.29, 0.717) is 18.3 Å². The van der Waals surface area contributed by atoms with E-state index < -0.39 is 24.5 Å². The van der Waals surface area contributed by atoms with Gasteiger partial charge in [0.25, 0.3) is 0 Å². The molecule has 0 aromatic carbocycles. The molecule has 0 bridgehead atoms. The normalized spacial score (nSPS) is 22.3. The maximum absolute atomic E-state index is 11.6. The second kappa shape index (κ2) is 6.09. The molecule has 1 fully saturated rings. The number of aliphatic carboxylic acids is 1. The molecule has 1 aliphatic carbocycles. The van der Waals surface area contributed by atoms with Gasteiger partial charge in [-0.15, -0.1) is 0 Å². The van der Waals surface area contributed by atoms with Gasteiger partial charge in [0.15, 0.2) is 0 Å². The summed E-state index contributed by atoms with van der Waals surface area (Å²) in [4.78, 5) is 22.2. The van der Waals surface area contributed by atoms with Crippen LogP contribution in [0.2, 0.25) is 0 Å². The van der Waals surface area contributed by atoms with Crippen LogP contribution in [-0.4, -0.2) is 34.7 Å². The molecular formula is C14H19NO5. The summed E-state index contributed by atoms with van der Waals surface area (Å²) >= 11 is 0. The number of carbonyl (C=O) groups excluding carboxylic acids is 1. The highest BCUT2D eigenvalue weighted by Crippen LogP contribution is 2.47. The molecule has 1 aromatic heterocycles. The summed E-state index contributed by atoms with van der Waals surface area (Å²) < 4.78 is 5.66. The Kier molecular flexibility index (Phi) is 4.44. The minimum atomic E-state index is -1.25. The Morgan fingerprint density at radius 3 is 2.75 bits per heavy atom. The number of amides is 1. The largest absolute Gasteiger partial charge is 0.480 e. The zero-order valence-electron chi connectivity index (χ0n) is 11.3. The van der Waals surface area contributed by atoms with E-state index in [4.69, 9.17) is 14.6 Å². The molecule has 1 saturated carbocycles. The number of carbonyl (C=O) groups is 2. The number of rotatable bonds is 7. The summed E-state index contributed by atoms with van der Waals surface area (Å²) in [5, 5.41) is 19.8. The number of hydrogen-bond donors (Lipinski definition) is 3. The van der Waals surface area contributed by atoms with E-state index in [0.717, 1.165) is 17.9 Å². The molecule has 6 heteroatoms. The lowest BCUT2D eigenvalue weighted by atomic mass is 10.2. The molecule has 3 unspecified atom stereocenters. The number of nitrogens with one attached hydrogen (secondary N) is 1. The fraction of sp³-hybridized carbons (Fsp3) is 0.571. The highest BCUT2D eigenvalue weighted by Gasteiger charge is 2.36. The summed E-state index contributed by atoms with van der Waals surface area (Å²) in [6, 6.07) is 2.55. The van der Waals surface area contributed by atoms with E-state index in [1.165, 1.54) is 0 Å². The van der Waals surface area contributed by atoms with Gasteiger partial charge in [-0.25, -0.2) is 4.79 Å². The molecule has 110 valence electrons. The molecule has 3 atom stereocenters. The van der Waals surface area contributed by atoms with Crippen molar-refractivity contribution in [1.82, 2.24) is 5.32 Å². The number of aliphatic hydroxyl groups excluding tert-OH is 1. The second-order valence-electron chi connectivity index (χ2n) is 5.26. The zero-order chi connectivity index (χ0) is 14.7. The SMILES string of the molecule is CC1CC1c1ccc(CCC(=O)NC(CO)C(=O)O)o1. The smallest absolute Gasteiger partial charge is 0.328 e. The molecule has 20 heavy (non-hydrogen) atoms. The van der Waals surface area contributed by atoms with E-state index in [1.807, 2.05) is 12.1 Å². The lowest BCUT2D eigenvalue weighted by Crippen LogP contribution is -2.43. The van der Waals surface area contributed by atoms with E-state index in [2.05, 4.69) is 12.2 Å². The minimum Gasteiger partial charge on any atom is -0.480 e. The van der Waals surface area contributed by atoms with Gasteiger partial charge in [0, 0.05) is 18.8 Å². The van der Waals surface area contributed by atoms with Crippen molar-refractivity contribution in [2.45, 2.75) is 38.1 Å². The Labute approximate surface area is 116 Å². The van der Waals surface area contributed by atoms with Gasteiger partial charge in [0.2, 0.25) is 5.91 Å². The highest BCUT2D eigenvalue weighted by molar-refractivity contribution is 5.83.